The zero-order chi connectivity index (χ0) is 20.8. The van der Waals surface area contributed by atoms with E-state index in [4.69, 9.17) is 9.84 Å². The maximum absolute atomic E-state index is 10.4. The summed E-state index contributed by atoms with van der Waals surface area (Å²) < 4.78 is 5.75. The molecule has 0 bridgehead atoms. The van der Waals surface area contributed by atoms with Gasteiger partial charge in [0.2, 0.25) is 0 Å². The standard InChI is InChI=1S/C22H34O6/c1-2-17(23)14-15-18(24)21-16-19(25)20(28-21)12-10-8-6-4-3-5-7-9-11-13-22(26)27/h3-4,7-10,14-15,17-21,23-25H,2,5-6,11-13,16H2,1H3,(H,26,27)/b4-3-,9-7-,10-8-,15-14+/t17-,18-,19+,20+,21-/m1/s1. The molecule has 0 aliphatic carbocycles. The third kappa shape index (κ3) is 10.6. The molecule has 0 aromatic rings. The third-order valence-electron chi connectivity index (χ3n) is 4.52. The van der Waals surface area contributed by atoms with Crippen molar-refractivity contribution in [1.29, 1.82) is 0 Å². The van der Waals surface area contributed by atoms with Crippen LogP contribution in [0.2, 0.25) is 0 Å². The van der Waals surface area contributed by atoms with Crippen LogP contribution in [0.4, 0.5) is 0 Å². The van der Waals surface area contributed by atoms with E-state index in [0.29, 0.717) is 25.7 Å². The molecular weight excluding hydrogens is 360 g/mol. The molecule has 1 aliphatic rings. The predicted octanol–water partition coefficient (Wildman–Crippen LogP) is 2.90. The highest BCUT2D eigenvalue weighted by Gasteiger charge is 2.36. The van der Waals surface area contributed by atoms with Crippen LogP contribution in [-0.4, -0.2) is 56.9 Å². The highest BCUT2D eigenvalue weighted by atomic mass is 16.5. The van der Waals surface area contributed by atoms with E-state index in [2.05, 4.69) is 0 Å². The molecule has 5 atom stereocenters. The molecule has 4 N–H and O–H groups in total. The molecule has 0 radical (unpaired) electrons. The Morgan fingerprint density at radius 3 is 2.36 bits per heavy atom. The molecule has 6 heteroatoms. The lowest BCUT2D eigenvalue weighted by Crippen LogP contribution is -2.24. The summed E-state index contributed by atoms with van der Waals surface area (Å²) in [6.45, 7) is 1.86. The maximum atomic E-state index is 10.4. The zero-order valence-corrected chi connectivity index (χ0v) is 16.6. The first-order valence-electron chi connectivity index (χ1n) is 9.98. The van der Waals surface area contributed by atoms with Crippen LogP contribution in [0.25, 0.3) is 0 Å². The van der Waals surface area contributed by atoms with Crippen LogP contribution < -0.4 is 0 Å². The Bertz CT molecular complexity index is 551. The number of aliphatic hydroxyl groups excluding tert-OH is 3. The minimum atomic E-state index is -0.837. The van der Waals surface area contributed by atoms with Crippen molar-refractivity contribution in [1.82, 2.24) is 0 Å². The average molecular weight is 395 g/mol. The highest BCUT2D eigenvalue weighted by molar-refractivity contribution is 5.66. The van der Waals surface area contributed by atoms with Gasteiger partial charge in [-0.1, -0.05) is 55.5 Å². The van der Waals surface area contributed by atoms with E-state index >= 15 is 0 Å². The van der Waals surface area contributed by atoms with Crippen LogP contribution >= 0.6 is 0 Å². The fourth-order valence-corrected chi connectivity index (χ4v) is 2.79. The molecule has 6 nitrogen and oxygen atoms in total. The third-order valence-corrected chi connectivity index (χ3v) is 4.52. The molecule has 0 aromatic carbocycles. The van der Waals surface area contributed by atoms with Crippen molar-refractivity contribution in [2.75, 3.05) is 0 Å². The quantitative estimate of drug-likeness (QED) is 0.358. The van der Waals surface area contributed by atoms with Gasteiger partial charge >= 0.3 is 5.97 Å². The van der Waals surface area contributed by atoms with Crippen LogP contribution in [0, 0.1) is 0 Å². The number of hydrogen-bond acceptors (Lipinski definition) is 5. The zero-order valence-electron chi connectivity index (χ0n) is 16.6. The van der Waals surface area contributed by atoms with E-state index in [0.717, 1.165) is 12.8 Å². The number of carbonyl (C=O) groups is 1. The number of ether oxygens (including phenoxy) is 1. The number of allylic oxidation sites excluding steroid dienone is 5. The molecule has 28 heavy (non-hydrogen) atoms. The smallest absolute Gasteiger partial charge is 0.303 e. The molecule has 0 aromatic heterocycles. The summed E-state index contributed by atoms with van der Waals surface area (Å²) in [5.74, 6) is -0.783. The first-order valence-corrected chi connectivity index (χ1v) is 9.98. The molecule has 0 unspecified atom stereocenters. The van der Waals surface area contributed by atoms with Gasteiger partial charge in [-0.2, -0.15) is 0 Å². The number of rotatable bonds is 13. The number of aliphatic carboxylic acids is 1. The van der Waals surface area contributed by atoms with Crippen molar-refractivity contribution in [3.63, 3.8) is 0 Å². The number of aliphatic hydroxyl groups is 3. The van der Waals surface area contributed by atoms with Crippen LogP contribution in [0.5, 0.6) is 0 Å². The van der Waals surface area contributed by atoms with E-state index in [1.807, 2.05) is 43.4 Å². The summed E-state index contributed by atoms with van der Waals surface area (Å²) in [4.78, 5) is 10.4. The Morgan fingerprint density at radius 2 is 1.71 bits per heavy atom. The second kappa shape index (κ2) is 14.3. The highest BCUT2D eigenvalue weighted by Crippen LogP contribution is 2.26. The van der Waals surface area contributed by atoms with E-state index in [9.17, 15) is 20.1 Å². The van der Waals surface area contributed by atoms with E-state index in [-0.39, 0.29) is 12.5 Å². The summed E-state index contributed by atoms with van der Waals surface area (Å²) in [7, 11) is 0. The minimum absolute atomic E-state index is 0.160. The largest absolute Gasteiger partial charge is 0.481 e. The van der Waals surface area contributed by atoms with E-state index in [1.165, 1.54) is 6.08 Å². The van der Waals surface area contributed by atoms with Gasteiger partial charge < -0.3 is 25.2 Å². The Labute approximate surface area is 167 Å². The summed E-state index contributed by atoms with van der Waals surface area (Å²) >= 11 is 0. The number of hydrogen-bond donors (Lipinski definition) is 4. The van der Waals surface area contributed by atoms with Crippen molar-refractivity contribution < 1.29 is 30.0 Å². The molecule has 1 fully saturated rings. The summed E-state index contributed by atoms with van der Waals surface area (Å²) in [6, 6.07) is 0. The molecule has 1 heterocycles. The Hall–Kier alpha value is -1.73. The van der Waals surface area contributed by atoms with Crippen molar-refractivity contribution in [3.05, 3.63) is 48.6 Å². The van der Waals surface area contributed by atoms with Gasteiger partial charge in [-0.25, -0.2) is 0 Å². The van der Waals surface area contributed by atoms with Crippen molar-refractivity contribution >= 4 is 5.97 Å². The summed E-state index contributed by atoms with van der Waals surface area (Å²) in [5.41, 5.74) is 0. The van der Waals surface area contributed by atoms with Crippen LogP contribution in [0.1, 0.15) is 51.9 Å². The maximum Gasteiger partial charge on any atom is 0.303 e. The molecular formula is C22H34O6. The molecule has 1 aliphatic heterocycles. The topological polar surface area (TPSA) is 107 Å². The van der Waals surface area contributed by atoms with Gasteiger partial charge in [-0.3, -0.25) is 4.79 Å². The Kier molecular flexibility index (Phi) is 12.4. The molecule has 1 rings (SSSR count). The van der Waals surface area contributed by atoms with E-state index < -0.39 is 30.4 Å². The molecule has 1 saturated heterocycles. The second-order valence-electron chi connectivity index (χ2n) is 6.92. The molecule has 0 amide bonds. The predicted molar refractivity (Wildman–Crippen MR) is 109 cm³/mol. The fraction of sp³-hybridized carbons (Fsp3) is 0.591. The number of carboxylic acids is 1. The van der Waals surface area contributed by atoms with Crippen molar-refractivity contribution in [2.24, 2.45) is 0 Å². The van der Waals surface area contributed by atoms with Gasteiger partial charge in [0, 0.05) is 12.8 Å². The normalized spacial score (nSPS) is 25.5. The lowest BCUT2D eigenvalue weighted by Gasteiger charge is -2.16. The second-order valence-corrected chi connectivity index (χ2v) is 6.92. The van der Waals surface area contributed by atoms with Gasteiger partial charge in [0.1, 0.15) is 0 Å². The SMILES string of the molecule is CC[C@@H](O)/C=C/[C@@H](O)[C@H]1C[C@H](O)[C@H](C/C=C\C/C=C\C/C=C\CCC(=O)O)O1. The van der Waals surface area contributed by atoms with Gasteiger partial charge in [0.25, 0.3) is 0 Å². The van der Waals surface area contributed by atoms with Gasteiger partial charge in [0.15, 0.2) is 0 Å². The molecule has 158 valence electrons. The van der Waals surface area contributed by atoms with Gasteiger partial charge in [-0.15, -0.1) is 0 Å². The first kappa shape index (κ1) is 24.3. The van der Waals surface area contributed by atoms with Crippen LogP contribution in [0.15, 0.2) is 48.6 Å². The minimum Gasteiger partial charge on any atom is -0.481 e. The Morgan fingerprint density at radius 1 is 1.07 bits per heavy atom. The monoisotopic (exact) mass is 394 g/mol. The van der Waals surface area contributed by atoms with Gasteiger partial charge in [-0.05, 0) is 32.1 Å². The molecule has 0 spiro atoms. The molecule has 0 saturated carbocycles. The first-order chi connectivity index (χ1) is 13.4. The number of carboxylic acid groups (broad SMARTS) is 1. The lowest BCUT2D eigenvalue weighted by atomic mass is 10.0. The van der Waals surface area contributed by atoms with Crippen molar-refractivity contribution in [2.45, 2.75) is 82.4 Å². The average Bonchev–Trinajstić information content (AvgIpc) is 3.04. The van der Waals surface area contributed by atoms with Crippen LogP contribution in [-0.2, 0) is 9.53 Å². The Balaban J connectivity index is 2.23. The van der Waals surface area contributed by atoms with Crippen molar-refractivity contribution in [3.8, 4) is 0 Å². The fourth-order valence-electron chi connectivity index (χ4n) is 2.79. The summed E-state index contributed by atoms with van der Waals surface area (Å²) in [6.07, 6.45) is 15.9. The van der Waals surface area contributed by atoms with Gasteiger partial charge in [0.05, 0.1) is 30.5 Å². The lowest BCUT2D eigenvalue weighted by molar-refractivity contribution is -0.136. The summed E-state index contributed by atoms with van der Waals surface area (Å²) in [5, 5.41) is 38.2. The van der Waals surface area contributed by atoms with E-state index in [1.54, 1.807) is 6.08 Å². The van der Waals surface area contributed by atoms with Crippen LogP contribution in [0.3, 0.4) is 0 Å².